The molecule has 3 heterocycles. The molecule has 2 aromatic carbocycles. The minimum absolute atomic E-state index is 0. The van der Waals surface area contributed by atoms with Gasteiger partial charge in [0.15, 0.2) is 17.3 Å². The molecule has 0 amide bonds. The summed E-state index contributed by atoms with van der Waals surface area (Å²) in [6.45, 7) is 8.26. The summed E-state index contributed by atoms with van der Waals surface area (Å²) in [7, 11) is 0. The summed E-state index contributed by atoms with van der Waals surface area (Å²) in [4.78, 5) is 4.97. The third kappa shape index (κ3) is 4.51. The predicted octanol–water partition coefficient (Wildman–Crippen LogP) is -0.819. The lowest BCUT2D eigenvalue weighted by molar-refractivity contribution is -0.00000782. The molecule has 164 valence electrons. The van der Waals surface area contributed by atoms with E-state index in [2.05, 4.69) is 56.5 Å². The van der Waals surface area contributed by atoms with Crippen LogP contribution in [-0.2, 0) is 6.54 Å². The van der Waals surface area contributed by atoms with E-state index in [1.165, 1.54) is 5.56 Å². The number of ether oxygens (including phenoxy) is 2. The lowest BCUT2D eigenvalue weighted by atomic mass is 10.0. The number of rotatable bonds is 6. The normalized spacial score (nSPS) is 17.3. The number of hydrogen-bond donors (Lipinski definition) is 0. The quantitative estimate of drug-likeness (QED) is 0.495. The van der Waals surface area contributed by atoms with E-state index in [-0.39, 0.29) is 25.2 Å². The molecule has 0 radical (unpaired) electrons. The van der Waals surface area contributed by atoms with Crippen LogP contribution in [0.2, 0.25) is 0 Å². The third-order valence-corrected chi connectivity index (χ3v) is 5.91. The highest BCUT2D eigenvalue weighted by atomic mass is 35.5. The maximum atomic E-state index is 5.53. The van der Waals surface area contributed by atoms with Gasteiger partial charge in [0.1, 0.15) is 0 Å². The van der Waals surface area contributed by atoms with Gasteiger partial charge in [-0.05, 0) is 40.2 Å². The van der Waals surface area contributed by atoms with Gasteiger partial charge in [0.05, 0.1) is 12.6 Å². The zero-order chi connectivity index (χ0) is 20.3. The van der Waals surface area contributed by atoms with Crippen LogP contribution < -0.4 is 21.9 Å². The Morgan fingerprint density at radius 3 is 2.52 bits per heavy atom. The van der Waals surface area contributed by atoms with Crippen molar-refractivity contribution in [2.75, 3.05) is 39.5 Å². The molecule has 2 aliphatic heterocycles. The van der Waals surface area contributed by atoms with E-state index in [0.717, 1.165) is 55.6 Å². The highest BCUT2D eigenvalue weighted by molar-refractivity contribution is 5.44. The molecule has 9 heteroatoms. The Labute approximate surface area is 188 Å². The largest absolute Gasteiger partial charge is 1.00 e. The van der Waals surface area contributed by atoms with Gasteiger partial charge in [-0.1, -0.05) is 43.3 Å². The fourth-order valence-electron chi connectivity index (χ4n) is 4.23. The fourth-order valence-corrected chi connectivity index (χ4v) is 4.23. The van der Waals surface area contributed by atoms with Gasteiger partial charge in [-0.15, -0.1) is 5.10 Å². The summed E-state index contributed by atoms with van der Waals surface area (Å²) in [6, 6.07) is 16.5. The number of halogens is 1. The Morgan fingerprint density at radius 1 is 0.968 bits per heavy atom. The minimum Gasteiger partial charge on any atom is -1.00 e. The van der Waals surface area contributed by atoms with Gasteiger partial charge >= 0.3 is 0 Å². The van der Waals surface area contributed by atoms with Crippen LogP contribution in [0.1, 0.15) is 29.9 Å². The van der Waals surface area contributed by atoms with Crippen molar-refractivity contribution in [1.82, 2.24) is 30.0 Å². The number of piperazine rings is 1. The average Bonchev–Trinajstić information content (AvgIpc) is 3.45. The van der Waals surface area contributed by atoms with Crippen molar-refractivity contribution in [1.29, 1.82) is 0 Å². The van der Waals surface area contributed by atoms with Gasteiger partial charge in [0, 0.05) is 26.2 Å². The van der Waals surface area contributed by atoms with Crippen LogP contribution in [0.5, 0.6) is 11.5 Å². The maximum Gasteiger partial charge on any atom is 0.231 e. The van der Waals surface area contributed by atoms with Gasteiger partial charge in [-0.25, -0.2) is 4.68 Å². The van der Waals surface area contributed by atoms with Crippen LogP contribution in [0.3, 0.4) is 0 Å². The molecule has 31 heavy (non-hydrogen) atoms. The van der Waals surface area contributed by atoms with Crippen molar-refractivity contribution in [2.24, 2.45) is 0 Å². The van der Waals surface area contributed by atoms with Crippen molar-refractivity contribution in [3.8, 4) is 11.5 Å². The Hall–Kier alpha value is -2.68. The van der Waals surface area contributed by atoms with E-state index < -0.39 is 0 Å². The van der Waals surface area contributed by atoms with E-state index in [0.29, 0.717) is 6.54 Å². The predicted molar refractivity (Wildman–Crippen MR) is 111 cm³/mol. The maximum absolute atomic E-state index is 5.53. The number of likely N-dealkylation sites (N-methyl/N-ethyl adjacent to an activating group) is 1. The molecule has 1 fully saturated rings. The van der Waals surface area contributed by atoms with E-state index in [4.69, 9.17) is 9.47 Å². The van der Waals surface area contributed by atoms with Crippen LogP contribution >= 0.6 is 0 Å². The van der Waals surface area contributed by atoms with E-state index in [1.807, 2.05) is 28.9 Å². The number of tetrazole rings is 1. The van der Waals surface area contributed by atoms with Gasteiger partial charge < -0.3 is 26.8 Å². The van der Waals surface area contributed by atoms with Crippen LogP contribution in [0.15, 0.2) is 48.5 Å². The minimum atomic E-state index is 0. The highest BCUT2D eigenvalue weighted by Gasteiger charge is 2.30. The second-order valence-electron chi connectivity index (χ2n) is 7.67. The highest BCUT2D eigenvalue weighted by Crippen LogP contribution is 2.33. The molecule has 1 aromatic heterocycles. The number of fused-ring (bicyclic) bond motifs is 1. The molecule has 2 aliphatic rings. The Bertz CT molecular complexity index is 991. The van der Waals surface area contributed by atoms with E-state index in [9.17, 15) is 0 Å². The number of benzene rings is 2. The fraction of sp³-hybridized carbons (Fsp3) is 0.409. The van der Waals surface area contributed by atoms with Crippen LogP contribution in [0, 0.1) is 0 Å². The Balaban J connectivity index is 0.00000231. The van der Waals surface area contributed by atoms with Crippen molar-refractivity contribution in [3.63, 3.8) is 0 Å². The summed E-state index contributed by atoms with van der Waals surface area (Å²) >= 11 is 0. The molecule has 0 spiro atoms. The SMILES string of the molecule is CCN1CCN(C(c2ccccc2)c2nnnn2Cc2ccc3c(c2)OCO3)CC1.[Cl-]. The van der Waals surface area contributed by atoms with Crippen molar-refractivity contribution >= 4 is 0 Å². The summed E-state index contributed by atoms with van der Waals surface area (Å²) < 4.78 is 12.9. The molecule has 1 unspecified atom stereocenters. The van der Waals surface area contributed by atoms with Crippen molar-refractivity contribution in [3.05, 3.63) is 65.5 Å². The van der Waals surface area contributed by atoms with Crippen LogP contribution in [0.25, 0.3) is 0 Å². The van der Waals surface area contributed by atoms with Crippen molar-refractivity contribution < 1.29 is 21.9 Å². The topological polar surface area (TPSA) is 68.5 Å². The monoisotopic (exact) mass is 441 g/mol. The zero-order valence-electron chi connectivity index (χ0n) is 17.5. The molecule has 5 rings (SSSR count). The second-order valence-corrected chi connectivity index (χ2v) is 7.67. The first-order valence-corrected chi connectivity index (χ1v) is 10.5. The number of aromatic nitrogens is 4. The first-order valence-electron chi connectivity index (χ1n) is 10.5. The molecular weight excluding hydrogens is 416 g/mol. The average molecular weight is 442 g/mol. The number of hydrogen-bond acceptors (Lipinski definition) is 7. The Kier molecular flexibility index (Phi) is 6.70. The first-order chi connectivity index (χ1) is 14.8. The van der Waals surface area contributed by atoms with E-state index >= 15 is 0 Å². The third-order valence-electron chi connectivity index (χ3n) is 5.91. The molecule has 0 N–H and O–H groups in total. The first kappa shape index (κ1) is 21.5. The number of nitrogens with zero attached hydrogens (tertiary/aromatic N) is 6. The van der Waals surface area contributed by atoms with Gasteiger partial charge in [0.2, 0.25) is 6.79 Å². The summed E-state index contributed by atoms with van der Waals surface area (Å²) in [5.41, 5.74) is 2.29. The lowest BCUT2D eigenvalue weighted by Gasteiger charge is -2.38. The molecule has 0 bridgehead atoms. The summed E-state index contributed by atoms with van der Waals surface area (Å²) in [5.74, 6) is 2.42. The summed E-state index contributed by atoms with van der Waals surface area (Å²) in [6.07, 6.45) is 0. The van der Waals surface area contributed by atoms with E-state index in [1.54, 1.807) is 0 Å². The zero-order valence-corrected chi connectivity index (χ0v) is 18.3. The molecule has 1 atom stereocenters. The lowest BCUT2D eigenvalue weighted by Crippen LogP contribution is -3.00. The standard InChI is InChI=1S/C22H26N6O2.ClH/c1-2-26-10-12-27(13-11-26)21(18-6-4-3-5-7-18)22-23-24-25-28(22)15-17-8-9-19-20(14-17)30-16-29-19;/h3-9,14,21H,2,10-13,15-16H2,1H3;1H/p-1. The summed E-state index contributed by atoms with van der Waals surface area (Å²) in [5, 5.41) is 12.8. The molecular formula is C22H26ClN6O2-. The molecule has 0 aliphatic carbocycles. The van der Waals surface area contributed by atoms with Crippen molar-refractivity contribution in [2.45, 2.75) is 19.5 Å². The van der Waals surface area contributed by atoms with Gasteiger partial charge in [-0.3, -0.25) is 4.90 Å². The molecule has 3 aromatic rings. The van der Waals surface area contributed by atoms with Crippen LogP contribution in [-0.4, -0.2) is 69.5 Å². The molecule has 1 saturated heterocycles. The Morgan fingerprint density at radius 2 is 1.74 bits per heavy atom. The second kappa shape index (κ2) is 9.64. The van der Waals surface area contributed by atoms with Gasteiger partial charge in [0.25, 0.3) is 0 Å². The molecule has 8 nitrogen and oxygen atoms in total. The van der Waals surface area contributed by atoms with Crippen LogP contribution in [0.4, 0.5) is 0 Å². The molecule has 0 saturated carbocycles. The van der Waals surface area contributed by atoms with Gasteiger partial charge in [-0.2, -0.15) is 0 Å². The smallest absolute Gasteiger partial charge is 0.231 e.